The van der Waals surface area contributed by atoms with Gasteiger partial charge in [-0.25, -0.2) is 9.97 Å². The molecule has 0 saturated carbocycles. The summed E-state index contributed by atoms with van der Waals surface area (Å²) >= 11 is 4.69. The molecule has 2 unspecified atom stereocenters. The van der Waals surface area contributed by atoms with Crippen LogP contribution in [0.25, 0.3) is 0 Å². The summed E-state index contributed by atoms with van der Waals surface area (Å²) in [6, 6.07) is 17.5. The van der Waals surface area contributed by atoms with Crippen LogP contribution in [0.3, 0.4) is 0 Å². The largest absolute Gasteiger partial charge is 0.381 e. The Morgan fingerprint density at radius 1 is 0.667 bits per heavy atom. The van der Waals surface area contributed by atoms with E-state index in [4.69, 9.17) is 4.74 Å². The molecule has 2 aromatic carbocycles. The first-order chi connectivity index (χ1) is 16.2. The molecule has 0 saturated heterocycles. The first-order valence-electron chi connectivity index (χ1n) is 11.2. The van der Waals surface area contributed by atoms with E-state index in [1.807, 2.05) is 12.4 Å². The molecule has 0 aliphatic carbocycles. The average Bonchev–Trinajstić information content (AvgIpc) is 3.55. The lowest BCUT2D eigenvalue weighted by Gasteiger charge is -2.18. The minimum Gasteiger partial charge on any atom is -0.381 e. The van der Waals surface area contributed by atoms with Crippen LogP contribution in [0.2, 0.25) is 0 Å². The molecule has 2 heterocycles. The number of ether oxygens (including phenoxy) is 1. The van der Waals surface area contributed by atoms with E-state index in [2.05, 4.69) is 114 Å². The van der Waals surface area contributed by atoms with E-state index in [1.165, 1.54) is 29.7 Å². The summed E-state index contributed by atoms with van der Waals surface area (Å²) in [5, 5.41) is 0. The molecule has 0 radical (unpaired) electrons. The van der Waals surface area contributed by atoms with Crippen LogP contribution < -0.4 is 0 Å². The van der Waals surface area contributed by atoms with Gasteiger partial charge in [0, 0.05) is 56.0 Å². The maximum atomic E-state index is 6.13. The van der Waals surface area contributed by atoms with E-state index >= 15 is 0 Å². The number of rotatable bonds is 12. The first-order valence-corrected chi connectivity index (χ1v) is 13.4. The highest BCUT2D eigenvalue weighted by Crippen LogP contribution is 2.25. The molecule has 33 heavy (non-hydrogen) atoms. The molecule has 7 heteroatoms. The predicted molar refractivity (Wildman–Crippen MR) is 148 cm³/mol. The lowest BCUT2D eigenvalue weighted by Crippen LogP contribution is -2.11. The van der Waals surface area contributed by atoms with Gasteiger partial charge in [0.05, 0.1) is 12.7 Å². The molecule has 0 aliphatic rings. The number of imidazole rings is 2. The zero-order chi connectivity index (χ0) is 22.9. The van der Waals surface area contributed by atoms with Crippen LogP contribution in [-0.2, 0) is 17.6 Å². The molecule has 2 N–H and O–H groups in total. The maximum Gasteiger partial charge on any atom is 0.0921 e. The van der Waals surface area contributed by atoms with Crippen molar-refractivity contribution < 1.29 is 4.74 Å². The molecule has 2 atom stereocenters. The zero-order valence-electron chi connectivity index (χ0n) is 18.4. The van der Waals surface area contributed by atoms with Crippen molar-refractivity contribution in [1.29, 1.82) is 0 Å². The van der Waals surface area contributed by atoms with Crippen LogP contribution in [0.4, 0.5) is 0 Å². The maximum absolute atomic E-state index is 6.13. The van der Waals surface area contributed by atoms with Crippen molar-refractivity contribution in [2.24, 2.45) is 0 Å². The third kappa shape index (κ3) is 7.65. The molecular weight excluding hydrogens is 638 g/mol. The SMILES string of the molecule is Ic1ccc(CC(CCOCCC(Cc2ccc(I)cc2)c2cnc[nH]2)c2cnc[nH]2)cc1. The molecule has 172 valence electrons. The van der Waals surface area contributed by atoms with Gasteiger partial charge in [-0.2, -0.15) is 0 Å². The minimum absolute atomic E-state index is 0.364. The van der Waals surface area contributed by atoms with E-state index < -0.39 is 0 Å². The summed E-state index contributed by atoms with van der Waals surface area (Å²) in [4.78, 5) is 15.1. The van der Waals surface area contributed by atoms with Crippen molar-refractivity contribution in [3.63, 3.8) is 0 Å². The van der Waals surface area contributed by atoms with Gasteiger partial charge in [0.15, 0.2) is 0 Å². The number of hydrogen-bond acceptors (Lipinski definition) is 3. The Morgan fingerprint density at radius 2 is 1.09 bits per heavy atom. The molecular formula is C26H28I2N4O. The predicted octanol–water partition coefficient (Wildman–Crippen LogP) is 6.49. The third-order valence-corrected chi connectivity index (χ3v) is 7.37. The topological polar surface area (TPSA) is 66.6 Å². The fourth-order valence-electron chi connectivity index (χ4n) is 4.08. The molecule has 2 aromatic heterocycles. The lowest BCUT2D eigenvalue weighted by atomic mass is 9.93. The Hall–Kier alpha value is -1.72. The van der Waals surface area contributed by atoms with Crippen LogP contribution >= 0.6 is 45.2 Å². The smallest absolute Gasteiger partial charge is 0.0921 e. The highest BCUT2D eigenvalue weighted by molar-refractivity contribution is 14.1. The fourth-order valence-corrected chi connectivity index (χ4v) is 4.80. The van der Waals surface area contributed by atoms with E-state index in [0.717, 1.165) is 38.9 Å². The number of hydrogen-bond donors (Lipinski definition) is 2. The average molecular weight is 666 g/mol. The lowest BCUT2D eigenvalue weighted by molar-refractivity contribution is 0.119. The van der Waals surface area contributed by atoms with Crippen LogP contribution in [-0.4, -0.2) is 33.1 Å². The standard InChI is InChI=1S/C26H28I2N4O/c27-23-5-1-19(2-6-23)13-21(25-15-29-17-31-25)9-11-33-12-10-22(26-16-30-18-32-26)14-20-3-7-24(28)8-4-20/h1-8,15-18,21-22H,9-14H2,(H,29,31)(H,30,32). The number of nitrogens with zero attached hydrogens (tertiary/aromatic N) is 2. The Labute approximate surface area is 222 Å². The van der Waals surface area contributed by atoms with E-state index in [9.17, 15) is 0 Å². The van der Waals surface area contributed by atoms with Crippen LogP contribution in [0.5, 0.6) is 0 Å². The van der Waals surface area contributed by atoms with Gasteiger partial charge >= 0.3 is 0 Å². The molecule has 5 nitrogen and oxygen atoms in total. The molecule has 0 spiro atoms. The van der Waals surface area contributed by atoms with Crippen molar-refractivity contribution in [3.8, 4) is 0 Å². The second-order valence-electron chi connectivity index (χ2n) is 8.26. The van der Waals surface area contributed by atoms with Crippen molar-refractivity contribution in [3.05, 3.63) is 103 Å². The van der Waals surface area contributed by atoms with Crippen LogP contribution in [0, 0.1) is 7.14 Å². The van der Waals surface area contributed by atoms with Gasteiger partial charge in [-0.05, 0) is 106 Å². The quantitative estimate of drug-likeness (QED) is 0.134. The molecule has 4 aromatic rings. The summed E-state index contributed by atoms with van der Waals surface area (Å²) in [5.41, 5.74) is 5.02. The first kappa shape index (κ1) is 24.4. The molecule has 0 aliphatic heterocycles. The highest BCUT2D eigenvalue weighted by Gasteiger charge is 2.16. The van der Waals surface area contributed by atoms with E-state index in [1.54, 1.807) is 12.7 Å². The molecule has 0 fully saturated rings. The van der Waals surface area contributed by atoms with Crippen molar-refractivity contribution >= 4 is 45.2 Å². The number of H-pyrrole nitrogens is 2. The second-order valence-corrected chi connectivity index (χ2v) is 10.7. The number of aromatic nitrogens is 4. The summed E-state index contributed by atoms with van der Waals surface area (Å²) in [7, 11) is 0. The van der Waals surface area contributed by atoms with Crippen molar-refractivity contribution in [2.45, 2.75) is 37.5 Å². The van der Waals surface area contributed by atoms with Crippen molar-refractivity contribution in [1.82, 2.24) is 19.9 Å². The Balaban J connectivity index is 1.29. The molecule has 0 bridgehead atoms. The van der Waals surface area contributed by atoms with E-state index in [0.29, 0.717) is 11.8 Å². The van der Waals surface area contributed by atoms with Gasteiger partial charge in [0.25, 0.3) is 0 Å². The number of aromatic amines is 2. The second kappa shape index (κ2) is 12.7. The number of benzene rings is 2. The van der Waals surface area contributed by atoms with E-state index in [-0.39, 0.29) is 0 Å². The summed E-state index contributed by atoms with van der Waals surface area (Å²) in [5.74, 6) is 0.727. The van der Waals surface area contributed by atoms with Crippen LogP contribution in [0.1, 0.15) is 47.2 Å². The third-order valence-electron chi connectivity index (χ3n) is 5.93. The Kier molecular flexibility index (Phi) is 9.36. The summed E-state index contributed by atoms with van der Waals surface area (Å²) in [6.07, 6.45) is 11.3. The summed E-state index contributed by atoms with van der Waals surface area (Å²) < 4.78 is 8.65. The fraction of sp³-hybridized carbons (Fsp3) is 0.308. The van der Waals surface area contributed by atoms with Gasteiger partial charge in [-0.1, -0.05) is 24.3 Å². The highest BCUT2D eigenvalue weighted by atomic mass is 127. The van der Waals surface area contributed by atoms with Gasteiger partial charge in [-0.3, -0.25) is 0 Å². The van der Waals surface area contributed by atoms with Gasteiger partial charge < -0.3 is 14.7 Å². The van der Waals surface area contributed by atoms with Crippen LogP contribution in [0.15, 0.2) is 73.6 Å². The van der Waals surface area contributed by atoms with Gasteiger partial charge in [0.2, 0.25) is 0 Å². The minimum atomic E-state index is 0.364. The normalized spacial score (nSPS) is 13.2. The monoisotopic (exact) mass is 666 g/mol. The Bertz CT molecular complexity index is 977. The van der Waals surface area contributed by atoms with Gasteiger partial charge in [0.1, 0.15) is 0 Å². The zero-order valence-corrected chi connectivity index (χ0v) is 22.7. The number of halogens is 2. The molecule has 0 amide bonds. The number of nitrogens with one attached hydrogen (secondary N) is 2. The van der Waals surface area contributed by atoms with Crippen molar-refractivity contribution in [2.75, 3.05) is 13.2 Å². The Morgan fingerprint density at radius 3 is 1.45 bits per heavy atom. The van der Waals surface area contributed by atoms with Gasteiger partial charge in [-0.15, -0.1) is 0 Å². The molecule has 4 rings (SSSR count). The summed E-state index contributed by atoms with van der Waals surface area (Å²) in [6.45, 7) is 1.46.